The number of aldehydes is 1. The highest BCUT2D eigenvalue weighted by molar-refractivity contribution is 6.30. The number of rotatable bonds is 1. The van der Waals surface area contributed by atoms with Gasteiger partial charge in [-0.05, 0) is 19.3 Å². The van der Waals surface area contributed by atoms with Crippen molar-refractivity contribution in [3.05, 3.63) is 17.2 Å². The maximum absolute atomic E-state index is 10.6. The molecule has 4 heteroatoms. The Morgan fingerprint density at radius 3 is 3.33 bits per heavy atom. The molecule has 3 nitrogen and oxygen atoms in total. The van der Waals surface area contributed by atoms with Gasteiger partial charge in [-0.25, -0.2) is 4.98 Å². The van der Waals surface area contributed by atoms with Crippen LogP contribution in [0.2, 0.25) is 5.15 Å². The van der Waals surface area contributed by atoms with Crippen LogP contribution >= 0.6 is 11.6 Å². The summed E-state index contributed by atoms with van der Waals surface area (Å²) in [7, 11) is 0. The Labute approximate surface area is 75.4 Å². The summed E-state index contributed by atoms with van der Waals surface area (Å²) in [4.78, 5) is 14.6. The monoisotopic (exact) mass is 184 g/mol. The lowest BCUT2D eigenvalue weighted by Crippen LogP contribution is -2.17. The van der Waals surface area contributed by atoms with E-state index in [4.69, 9.17) is 11.6 Å². The summed E-state index contributed by atoms with van der Waals surface area (Å²) >= 11 is 5.83. The van der Waals surface area contributed by atoms with Gasteiger partial charge in [0.25, 0.3) is 0 Å². The SMILES string of the molecule is O=CC1CCCc2c(Cl)ncn21. The van der Waals surface area contributed by atoms with Crippen LogP contribution in [0.4, 0.5) is 0 Å². The highest BCUT2D eigenvalue weighted by atomic mass is 35.5. The fraction of sp³-hybridized carbons (Fsp3) is 0.500. The van der Waals surface area contributed by atoms with Crippen LogP contribution in [0.15, 0.2) is 6.33 Å². The predicted molar refractivity (Wildman–Crippen MR) is 45.3 cm³/mol. The molecule has 2 rings (SSSR count). The maximum Gasteiger partial charge on any atom is 0.150 e. The fourth-order valence-corrected chi connectivity index (χ4v) is 1.87. The van der Waals surface area contributed by atoms with Crippen LogP contribution in [0.3, 0.4) is 0 Å². The van der Waals surface area contributed by atoms with Crippen molar-refractivity contribution in [3.63, 3.8) is 0 Å². The maximum atomic E-state index is 10.6. The minimum atomic E-state index is -0.0475. The number of hydrogen-bond donors (Lipinski definition) is 0. The zero-order chi connectivity index (χ0) is 8.55. The first-order valence-electron chi connectivity index (χ1n) is 3.99. The molecule has 1 aliphatic heterocycles. The molecule has 0 aromatic carbocycles. The van der Waals surface area contributed by atoms with Crippen molar-refractivity contribution in [1.82, 2.24) is 9.55 Å². The number of halogens is 1. The Morgan fingerprint density at radius 2 is 2.58 bits per heavy atom. The number of nitrogens with zero attached hydrogens (tertiary/aromatic N) is 2. The van der Waals surface area contributed by atoms with E-state index in [1.54, 1.807) is 6.33 Å². The lowest BCUT2D eigenvalue weighted by molar-refractivity contribution is -0.111. The molecule has 0 fully saturated rings. The first kappa shape index (κ1) is 7.80. The van der Waals surface area contributed by atoms with Crippen LogP contribution in [0.1, 0.15) is 24.6 Å². The second kappa shape index (κ2) is 2.90. The lowest BCUT2D eigenvalue weighted by Gasteiger charge is -2.20. The molecule has 1 aromatic heterocycles. The van der Waals surface area contributed by atoms with Crippen molar-refractivity contribution >= 4 is 17.9 Å². The lowest BCUT2D eigenvalue weighted by atomic mass is 10.0. The van der Waals surface area contributed by atoms with E-state index < -0.39 is 0 Å². The average Bonchev–Trinajstić information content (AvgIpc) is 2.48. The van der Waals surface area contributed by atoms with E-state index in [9.17, 15) is 4.79 Å². The molecule has 64 valence electrons. The third-order valence-electron chi connectivity index (χ3n) is 2.27. The van der Waals surface area contributed by atoms with Gasteiger partial charge in [0.15, 0.2) is 0 Å². The number of aromatic nitrogens is 2. The molecule has 0 saturated heterocycles. The normalized spacial score (nSPS) is 21.9. The van der Waals surface area contributed by atoms with E-state index in [0.717, 1.165) is 31.2 Å². The van der Waals surface area contributed by atoms with Crippen LogP contribution in [0.25, 0.3) is 0 Å². The molecule has 0 radical (unpaired) electrons. The van der Waals surface area contributed by atoms with Crippen LogP contribution in [0, 0.1) is 0 Å². The average molecular weight is 185 g/mol. The third-order valence-corrected chi connectivity index (χ3v) is 2.59. The molecule has 1 aliphatic rings. The molecular weight excluding hydrogens is 176 g/mol. The Kier molecular flexibility index (Phi) is 1.89. The predicted octanol–water partition coefficient (Wildman–Crippen LogP) is 1.61. The smallest absolute Gasteiger partial charge is 0.150 e. The summed E-state index contributed by atoms with van der Waals surface area (Å²) in [5, 5.41) is 0.543. The zero-order valence-corrected chi connectivity index (χ0v) is 7.29. The number of carbonyl (C=O) groups excluding carboxylic acids is 1. The van der Waals surface area contributed by atoms with E-state index in [1.165, 1.54) is 0 Å². The van der Waals surface area contributed by atoms with Gasteiger partial charge < -0.3 is 9.36 Å². The van der Waals surface area contributed by atoms with Crippen LogP contribution in [-0.2, 0) is 11.2 Å². The topological polar surface area (TPSA) is 34.9 Å². The van der Waals surface area contributed by atoms with Gasteiger partial charge in [0.05, 0.1) is 18.1 Å². The Hall–Kier alpha value is -0.830. The van der Waals surface area contributed by atoms with Crippen molar-refractivity contribution in [1.29, 1.82) is 0 Å². The molecule has 0 spiro atoms. The van der Waals surface area contributed by atoms with Gasteiger partial charge in [-0.15, -0.1) is 0 Å². The summed E-state index contributed by atoms with van der Waals surface area (Å²) in [5.41, 5.74) is 1.00. The molecule has 0 saturated carbocycles. The standard InChI is InChI=1S/C8H9ClN2O/c9-8-7-3-1-2-6(4-12)11(7)5-10-8/h4-6H,1-3H2. The molecule has 0 amide bonds. The molecular formula is C8H9ClN2O. The first-order chi connectivity index (χ1) is 5.83. The number of fused-ring (bicyclic) bond motifs is 1. The molecule has 0 aliphatic carbocycles. The van der Waals surface area contributed by atoms with Crippen molar-refractivity contribution < 1.29 is 4.79 Å². The van der Waals surface area contributed by atoms with E-state index in [0.29, 0.717) is 5.15 Å². The molecule has 0 N–H and O–H groups in total. The Morgan fingerprint density at radius 1 is 1.75 bits per heavy atom. The summed E-state index contributed by atoms with van der Waals surface area (Å²) in [6.07, 6.45) is 5.47. The molecule has 1 atom stereocenters. The summed E-state index contributed by atoms with van der Waals surface area (Å²) in [5.74, 6) is 0. The van der Waals surface area contributed by atoms with Crippen LogP contribution in [0.5, 0.6) is 0 Å². The van der Waals surface area contributed by atoms with E-state index >= 15 is 0 Å². The highest BCUT2D eigenvalue weighted by Gasteiger charge is 2.21. The minimum Gasteiger partial charge on any atom is -0.323 e. The zero-order valence-electron chi connectivity index (χ0n) is 6.53. The number of imidazole rings is 1. The van der Waals surface area contributed by atoms with Crippen molar-refractivity contribution in [2.45, 2.75) is 25.3 Å². The van der Waals surface area contributed by atoms with Crippen molar-refractivity contribution in [3.8, 4) is 0 Å². The quantitative estimate of drug-likeness (QED) is 0.622. The second-order valence-electron chi connectivity index (χ2n) is 2.99. The van der Waals surface area contributed by atoms with Gasteiger partial charge >= 0.3 is 0 Å². The largest absolute Gasteiger partial charge is 0.323 e. The van der Waals surface area contributed by atoms with Gasteiger partial charge in [-0.1, -0.05) is 11.6 Å². The Balaban J connectivity index is 2.45. The third kappa shape index (κ3) is 1.05. The molecule has 2 heterocycles. The van der Waals surface area contributed by atoms with Gasteiger partial charge in [0.2, 0.25) is 0 Å². The first-order valence-corrected chi connectivity index (χ1v) is 4.37. The van der Waals surface area contributed by atoms with Gasteiger partial charge in [-0.2, -0.15) is 0 Å². The summed E-state index contributed by atoms with van der Waals surface area (Å²) < 4.78 is 1.87. The van der Waals surface area contributed by atoms with E-state index in [1.807, 2.05) is 4.57 Å². The fourth-order valence-electron chi connectivity index (χ4n) is 1.63. The van der Waals surface area contributed by atoms with Crippen molar-refractivity contribution in [2.24, 2.45) is 0 Å². The van der Waals surface area contributed by atoms with Gasteiger partial charge in [0.1, 0.15) is 11.4 Å². The molecule has 12 heavy (non-hydrogen) atoms. The second-order valence-corrected chi connectivity index (χ2v) is 3.34. The molecule has 1 aromatic rings. The number of hydrogen-bond acceptors (Lipinski definition) is 2. The van der Waals surface area contributed by atoms with Crippen LogP contribution < -0.4 is 0 Å². The number of carbonyl (C=O) groups is 1. The summed E-state index contributed by atoms with van der Waals surface area (Å²) in [6, 6.07) is -0.0475. The Bertz CT molecular complexity index is 308. The van der Waals surface area contributed by atoms with Crippen LogP contribution in [-0.4, -0.2) is 15.8 Å². The molecule has 1 unspecified atom stereocenters. The molecule has 0 bridgehead atoms. The van der Waals surface area contributed by atoms with Crippen molar-refractivity contribution in [2.75, 3.05) is 0 Å². The summed E-state index contributed by atoms with van der Waals surface area (Å²) in [6.45, 7) is 0. The minimum absolute atomic E-state index is 0.0475. The van der Waals surface area contributed by atoms with E-state index in [2.05, 4.69) is 4.98 Å². The van der Waals surface area contributed by atoms with E-state index in [-0.39, 0.29) is 6.04 Å². The van der Waals surface area contributed by atoms with Gasteiger partial charge in [0, 0.05) is 0 Å². The van der Waals surface area contributed by atoms with Gasteiger partial charge in [-0.3, -0.25) is 0 Å². The highest BCUT2D eigenvalue weighted by Crippen LogP contribution is 2.27.